The van der Waals surface area contributed by atoms with Crippen LogP contribution < -0.4 is 0 Å². The minimum Gasteiger partial charge on any atom is -0.327 e. The number of benzene rings is 2. The molecule has 0 fully saturated rings. The number of halogens is 1. The second kappa shape index (κ2) is 7.10. The lowest BCUT2D eigenvalue weighted by Gasteiger charge is -2.03. The quantitative estimate of drug-likeness (QED) is 0.493. The molecule has 0 aliphatic rings. The van der Waals surface area contributed by atoms with Crippen molar-refractivity contribution in [1.29, 1.82) is 5.26 Å². The number of fused-ring (bicyclic) bond motifs is 1. The van der Waals surface area contributed by atoms with E-state index in [0.29, 0.717) is 23.0 Å². The first-order chi connectivity index (χ1) is 13.2. The van der Waals surface area contributed by atoms with Crippen LogP contribution >= 0.6 is 11.6 Å². The Morgan fingerprint density at radius 1 is 1.19 bits per heavy atom. The molecular formula is C21H16ClN5. The highest BCUT2D eigenvalue weighted by Gasteiger charge is 2.12. The molecule has 0 N–H and O–H groups in total. The molecule has 27 heavy (non-hydrogen) atoms. The second-order valence-electron chi connectivity index (χ2n) is 6.22. The van der Waals surface area contributed by atoms with Crippen molar-refractivity contribution in [3.8, 4) is 6.07 Å². The third-order valence-electron chi connectivity index (χ3n) is 4.40. The van der Waals surface area contributed by atoms with Crippen LogP contribution in [0.1, 0.15) is 17.0 Å². The van der Waals surface area contributed by atoms with Gasteiger partial charge in [-0.25, -0.2) is 4.98 Å². The first kappa shape index (κ1) is 17.1. The molecule has 0 atom stereocenters. The third-order valence-corrected chi connectivity index (χ3v) is 4.77. The topological polar surface area (TPSA) is 59.4 Å². The Kier molecular flexibility index (Phi) is 4.49. The maximum absolute atomic E-state index is 9.65. The monoisotopic (exact) mass is 373 g/mol. The number of hydrogen-bond donors (Lipinski definition) is 0. The number of imidazole rings is 1. The van der Waals surface area contributed by atoms with Gasteiger partial charge in [0.1, 0.15) is 6.07 Å². The smallest absolute Gasteiger partial charge is 0.151 e. The van der Waals surface area contributed by atoms with E-state index in [0.717, 1.165) is 22.2 Å². The Labute approximate surface area is 161 Å². The number of aryl methyl sites for hydroxylation is 1. The van der Waals surface area contributed by atoms with E-state index >= 15 is 0 Å². The molecule has 2 aromatic heterocycles. The van der Waals surface area contributed by atoms with Crippen molar-refractivity contribution in [3.05, 3.63) is 82.9 Å². The van der Waals surface area contributed by atoms with Crippen LogP contribution in [0.5, 0.6) is 0 Å². The van der Waals surface area contributed by atoms with Gasteiger partial charge in [-0.2, -0.15) is 10.4 Å². The van der Waals surface area contributed by atoms with E-state index in [1.54, 1.807) is 17.0 Å². The van der Waals surface area contributed by atoms with Crippen LogP contribution in [-0.2, 0) is 13.6 Å². The van der Waals surface area contributed by atoms with Crippen molar-refractivity contribution < 1.29 is 0 Å². The molecule has 0 bridgehead atoms. The van der Waals surface area contributed by atoms with Gasteiger partial charge in [0.15, 0.2) is 5.82 Å². The average Bonchev–Trinajstić information content (AvgIpc) is 3.26. The van der Waals surface area contributed by atoms with E-state index in [-0.39, 0.29) is 0 Å². The second-order valence-corrected chi connectivity index (χ2v) is 6.62. The minimum atomic E-state index is 0.492. The molecule has 0 saturated heterocycles. The summed E-state index contributed by atoms with van der Waals surface area (Å²) in [6.45, 7) is 0.571. The standard InChI is InChI=1S/C21H16ClN5/c1-26-20-9-5-4-8-19(20)25-21(26)17(11-23)10-15-12-24-27(13-15)14-16-6-2-3-7-18(16)22/h2-10,12-13H,14H2,1H3. The fraction of sp³-hybridized carbons (Fsp3) is 0.0952. The average molecular weight is 374 g/mol. The summed E-state index contributed by atoms with van der Waals surface area (Å²) >= 11 is 6.22. The fourth-order valence-corrected chi connectivity index (χ4v) is 3.24. The normalized spacial score (nSPS) is 11.7. The van der Waals surface area contributed by atoms with Gasteiger partial charge in [-0.05, 0) is 29.8 Å². The third kappa shape index (κ3) is 3.35. The lowest BCUT2D eigenvalue weighted by atomic mass is 10.2. The molecule has 0 amide bonds. The van der Waals surface area contributed by atoms with Crippen LogP contribution in [0.25, 0.3) is 22.7 Å². The van der Waals surface area contributed by atoms with Crippen LogP contribution in [0.4, 0.5) is 0 Å². The predicted molar refractivity (Wildman–Crippen MR) is 107 cm³/mol. The SMILES string of the molecule is Cn1c(C(C#N)=Cc2cnn(Cc3ccccc3Cl)c2)nc2ccccc21. The summed E-state index contributed by atoms with van der Waals surface area (Å²) < 4.78 is 3.73. The van der Waals surface area contributed by atoms with E-state index < -0.39 is 0 Å². The highest BCUT2D eigenvalue weighted by atomic mass is 35.5. The molecule has 4 aromatic rings. The summed E-state index contributed by atoms with van der Waals surface area (Å²) in [5.41, 5.74) is 4.18. The molecule has 0 aliphatic heterocycles. The number of nitrogens with zero attached hydrogens (tertiary/aromatic N) is 5. The van der Waals surface area contributed by atoms with Crippen molar-refractivity contribution in [3.63, 3.8) is 0 Å². The summed E-state index contributed by atoms with van der Waals surface area (Å²) in [7, 11) is 1.91. The Balaban J connectivity index is 1.66. The zero-order chi connectivity index (χ0) is 18.8. The van der Waals surface area contributed by atoms with E-state index in [9.17, 15) is 5.26 Å². The van der Waals surface area contributed by atoms with Crippen LogP contribution in [0.2, 0.25) is 5.02 Å². The summed E-state index contributed by atoms with van der Waals surface area (Å²) in [5.74, 6) is 0.637. The van der Waals surface area contributed by atoms with Crippen molar-refractivity contribution in [2.24, 2.45) is 7.05 Å². The van der Waals surface area contributed by atoms with Gasteiger partial charge < -0.3 is 4.57 Å². The molecule has 4 rings (SSSR count). The number of hydrogen-bond acceptors (Lipinski definition) is 3. The summed E-state index contributed by atoms with van der Waals surface area (Å²) in [6.07, 6.45) is 5.43. The lowest BCUT2D eigenvalue weighted by molar-refractivity contribution is 0.687. The van der Waals surface area contributed by atoms with E-state index in [1.165, 1.54) is 0 Å². The van der Waals surface area contributed by atoms with Gasteiger partial charge in [-0.1, -0.05) is 41.9 Å². The van der Waals surface area contributed by atoms with Gasteiger partial charge in [0.25, 0.3) is 0 Å². The Hall–Kier alpha value is -3.36. The van der Waals surface area contributed by atoms with Gasteiger partial charge in [0, 0.05) is 23.8 Å². The zero-order valence-electron chi connectivity index (χ0n) is 14.7. The molecular weight excluding hydrogens is 358 g/mol. The molecule has 0 radical (unpaired) electrons. The van der Waals surface area contributed by atoms with E-state index in [1.807, 2.05) is 66.3 Å². The Morgan fingerprint density at radius 3 is 2.74 bits per heavy atom. The first-order valence-corrected chi connectivity index (χ1v) is 8.83. The van der Waals surface area contributed by atoms with Crippen LogP contribution in [-0.4, -0.2) is 19.3 Å². The number of aromatic nitrogens is 4. The molecule has 0 saturated carbocycles. The van der Waals surface area contributed by atoms with Crippen LogP contribution in [0.15, 0.2) is 60.9 Å². The van der Waals surface area contributed by atoms with Crippen molar-refractivity contribution in [2.75, 3.05) is 0 Å². The van der Waals surface area contributed by atoms with Gasteiger partial charge >= 0.3 is 0 Å². The maximum atomic E-state index is 9.65. The molecule has 132 valence electrons. The Bertz CT molecular complexity index is 1190. The summed E-state index contributed by atoms with van der Waals surface area (Å²) in [6, 6.07) is 17.8. The van der Waals surface area contributed by atoms with Gasteiger partial charge in [-0.3, -0.25) is 4.68 Å². The van der Waals surface area contributed by atoms with Crippen molar-refractivity contribution in [1.82, 2.24) is 19.3 Å². The largest absolute Gasteiger partial charge is 0.327 e. The summed E-state index contributed by atoms with van der Waals surface area (Å²) in [5, 5.41) is 14.7. The van der Waals surface area contributed by atoms with Crippen molar-refractivity contribution >= 4 is 34.3 Å². The summed E-state index contributed by atoms with van der Waals surface area (Å²) in [4.78, 5) is 4.59. The molecule has 2 aromatic carbocycles. The van der Waals surface area contributed by atoms with Gasteiger partial charge in [0.2, 0.25) is 0 Å². The van der Waals surface area contributed by atoms with Gasteiger partial charge in [-0.15, -0.1) is 0 Å². The molecule has 5 nitrogen and oxygen atoms in total. The molecule has 0 unspecified atom stereocenters. The number of allylic oxidation sites excluding steroid dienone is 1. The predicted octanol–water partition coefficient (Wildman–Crippen LogP) is 4.54. The number of nitriles is 1. The van der Waals surface area contributed by atoms with Crippen molar-refractivity contribution in [2.45, 2.75) is 6.54 Å². The maximum Gasteiger partial charge on any atom is 0.151 e. The van der Waals surface area contributed by atoms with Gasteiger partial charge in [0.05, 0.1) is 29.3 Å². The van der Waals surface area contributed by atoms with E-state index in [4.69, 9.17) is 11.6 Å². The number of para-hydroxylation sites is 2. The lowest BCUT2D eigenvalue weighted by Crippen LogP contribution is -2.00. The first-order valence-electron chi connectivity index (χ1n) is 8.45. The molecule has 0 aliphatic carbocycles. The molecule has 6 heteroatoms. The highest BCUT2D eigenvalue weighted by molar-refractivity contribution is 6.31. The minimum absolute atomic E-state index is 0.492. The number of rotatable bonds is 4. The zero-order valence-corrected chi connectivity index (χ0v) is 15.4. The Morgan fingerprint density at radius 2 is 1.96 bits per heavy atom. The highest BCUT2D eigenvalue weighted by Crippen LogP contribution is 2.22. The molecule has 0 spiro atoms. The van der Waals surface area contributed by atoms with Crippen LogP contribution in [0.3, 0.4) is 0 Å². The molecule has 2 heterocycles. The van der Waals surface area contributed by atoms with E-state index in [2.05, 4.69) is 16.2 Å². The van der Waals surface area contributed by atoms with Crippen LogP contribution in [0, 0.1) is 11.3 Å². The fourth-order valence-electron chi connectivity index (χ4n) is 3.04.